The first-order valence-corrected chi connectivity index (χ1v) is 5.12. The second-order valence-corrected chi connectivity index (χ2v) is 4.07. The van der Waals surface area contributed by atoms with Crippen molar-refractivity contribution in [2.45, 2.75) is 19.8 Å². The van der Waals surface area contributed by atoms with Crippen molar-refractivity contribution >= 4 is 16.6 Å². The molecule has 0 atom stereocenters. The Kier molecular flexibility index (Phi) is 1.63. The maximum absolute atomic E-state index is 8.86. The van der Waals surface area contributed by atoms with E-state index in [0.29, 0.717) is 0 Å². The van der Waals surface area contributed by atoms with Crippen LogP contribution in [-0.4, -0.2) is 15.9 Å². The third-order valence-electron chi connectivity index (χ3n) is 3.08. The average Bonchev–Trinajstić information content (AvgIpc) is 2.76. The summed E-state index contributed by atoms with van der Waals surface area (Å²) in [4.78, 5) is 3.31. The molecule has 0 bridgehead atoms. The summed E-state index contributed by atoms with van der Waals surface area (Å²) in [6.45, 7) is 2.09. The number of nitrogens with one attached hydrogen (secondary N) is 1. The standard InChI is InChI=1S/C12H12N2O/c1-7-2-4-10-9(6-7)8-3-5-11(14-15)12(8)13-10/h2,4,6,13,15H,3,5H2,1H3/b14-11-. The van der Waals surface area contributed by atoms with Gasteiger partial charge >= 0.3 is 0 Å². The number of aryl methyl sites for hydroxylation is 2. The van der Waals surface area contributed by atoms with Gasteiger partial charge in [-0.3, -0.25) is 0 Å². The van der Waals surface area contributed by atoms with E-state index < -0.39 is 0 Å². The fraction of sp³-hybridized carbons (Fsp3) is 0.250. The zero-order valence-corrected chi connectivity index (χ0v) is 8.54. The number of nitrogens with zero attached hydrogens (tertiary/aromatic N) is 1. The lowest BCUT2D eigenvalue weighted by atomic mass is 10.1. The molecule has 0 fully saturated rings. The molecule has 0 unspecified atom stereocenters. The monoisotopic (exact) mass is 200 g/mol. The van der Waals surface area contributed by atoms with E-state index in [2.05, 4.69) is 35.3 Å². The van der Waals surface area contributed by atoms with E-state index in [1.54, 1.807) is 0 Å². The fourth-order valence-corrected chi connectivity index (χ4v) is 2.34. The molecule has 1 aromatic heterocycles. The van der Waals surface area contributed by atoms with Gasteiger partial charge in [0, 0.05) is 10.9 Å². The normalized spacial score (nSPS) is 17.5. The van der Waals surface area contributed by atoms with Crippen LogP contribution in [0.1, 0.15) is 23.2 Å². The molecule has 0 saturated heterocycles. The van der Waals surface area contributed by atoms with Crippen LogP contribution in [0, 0.1) is 6.92 Å². The van der Waals surface area contributed by atoms with Crippen molar-refractivity contribution in [3.63, 3.8) is 0 Å². The summed E-state index contributed by atoms with van der Waals surface area (Å²) in [7, 11) is 0. The van der Waals surface area contributed by atoms with Crippen molar-refractivity contribution in [1.82, 2.24) is 4.98 Å². The molecule has 0 saturated carbocycles. The first-order chi connectivity index (χ1) is 7.29. The van der Waals surface area contributed by atoms with E-state index in [9.17, 15) is 0 Å². The average molecular weight is 200 g/mol. The third-order valence-corrected chi connectivity index (χ3v) is 3.08. The van der Waals surface area contributed by atoms with E-state index in [-0.39, 0.29) is 0 Å². The maximum Gasteiger partial charge on any atom is 0.104 e. The van der Waals surface area contributed by atoms with Gasteiger partial charge in [0.2, 0.25) is 0 Å². The Bertz CT molecular complexity index is 566. The summed E-state index contributed by atoms with van der Waals surface area (Å²) in [5.74, 6) is 0. The minimum atomic E-state index is 0.777. The molecule has 3 nitrogen and oxygen atoms in total. The van der Waals surface area contributed by atoms with Gasteiger partial charge in [0.15, 0.2) is 0 Å². The smallest absolute Gasteiger partial charge is 0.104 e. The molecule has 76 valence electrons. The summed E-state index contributed by atoms with van der Waals surface area (Å²) < 4.78 is 0. The molecule has 2 aromatic rings. The highest BCUT2D eigenvalue weighted by molar-refractivity contribution is 6.08. The van der Waals surface area contributed by atoms with Crippen molar-refractivity contribution in [2.24, 2.45) is 5.16 Å². The zero-order valence-electron chi connectivity index (χ0n) is 8.54. The lowest BCUT2D eigenvalue weighted by molar-refractivity contribution is 0.318. The maximum atomic E-state index is 8.86. The lowest BCUT2D eigenvalue weighted by Gasteiger charge is -1.95. The molecule has 1 aromatic carbocycles. The number of benzene rings is 1. The molecule has 1 aliphatic rings. The van der Waals surface area contributed by atoms with Gasteiger partial charge in [0.05, 0.1) is 5.69 Å². The predicted octanol–water partition coefficient (Wildman–Crippen LogP) is 2.60. The molecule has 2 N–H and O–H groups in total. The molecule has 3 heteroatoms. The highest BCUT2D eigenvalue weighted by atomic mass is 16.4. The van der Waals surface area contributed by atoms with Gasteiger partial charge in [0.1, 0.15) is 5.71 Å². The Hall–Kier alpha value is -1.77. The Labute approximate surface area is 87.4 Å². The Balaban J connectivity index is 2.35. The van der Waals surface area contributed by atoms with E-state index in [1.807, 2.05) is 0 Å². The molecule has 0 amide bonds. The summed E-state index contributed by atoms with van der Waals surface area (Å²) in [6, 6.07) is 6.35. The van der Waals surface area contributed by atoms with Gasteiger partial charge in [0.25, 0.3) is 0 Å². The number of H-pyrrole nitrogens is 1. The summed E-state index contributed by atoms with van der Waals surface area (Å²) >= 11 is 0. The minimum Gasteiger partial charge on any atom is -0.411 e. The Morgan fingerprint density at radius 3 is 3.00 bits per heavy atom. The van der Waals surface area contributed by atoms with Crippen LogP contribution in [-0.2, 0) is 6.42 Å². The molecule has 1 heterocycles. The second kappa shape index (κ2) is 2.86. The SMILES string of the molecule is Cc1ccc2[nH]c3c(c2c1)CC/C3=N/O. The first kappa shape index (κ1) is 8.53. The number of hydrogen-bond donors (Lipinski definition) is 2. The van der Waals surface area contributed by atoms with Crippen molar-refractivity contribution in [1.29, 1.82) is 0 Å². The molecule has 0 spiro atoms. The third kappa shape index (κ3) is 1.09. The Morgan fingerprint density at radius 1 is 1.33 bits per heavy atom. The van der Waals surface area contributed by atoms with E-state index in [0.717, 1.165) is 29.8 Å². The summed E-state index contributed by atoms with van der Waals surface area (Å²) in [5, 5.41) is 13.5. The van der Waals surface area contributed by atoms with Gasteiger partial charge in [-0.15, -0.1) is 0 Å². The zero-order chi connectivity index (χ0) is 10.4. The van der Waals surface area contributed by atoms with Crippen molar-refractivity contribution in [3.8, 4) is 0 Å². The van der Waals surface area contributed by atoms with Crippen LogP contribution in [0.4, 0.5) is 0 Å². The van der Waals surface area contributed by atoms with Gasteiger partial charge < -0.3 is 10.2 Å². The number of aromatic amines is 1. The molecular formula is C12H12N2O. The predicted molar refractivity (Wildman–Crippen MR) is 59.7 cm³/mol. The largest absolute Gasteiger partial charge is 0.411 e. The highest BCUT2D eigenvalue weighted by Crippen LogP contribution is 2.30. The van der Waals surface area contributed by atoms with Crippen LogP contribution in [0.5, 0.6) is 0 Å². The first-order valence-electron chi connectivity index (χ1n) is 5.12. The number of oxime groups is 1. The number of rotatable bonds is 0. The second-order valence-electron chi connectivity index (χ2n) is 4.07. The summed E-state index contributed by atoms with van der Waals surface area (Å²) in [6.07, 6.45) is 1.81. The van der Waals surface area contributed by atoms with Crippen LogP contribution in [0.2, 0.25) is 0 Å². The highest BCUT2D eigenvalue weighted by Gasteiger charge is 2.22. The van der Waals surface area contributed by atoms with Crippen LogP contribution in [0.15, 0.2) is 23.4 Å². The number of aromatic nitrogens is 1. The molecular weight excluding hydrogens is 188 g/mol. The quantitative estimate of drug-likeness (QED) is 0.498. The van der Waals surface area contributed by atoms with Crippen LogP contribution in [0.3, 0.4) is 0 Å². The molecule has 0 aliphatic heterocycles. The fourth-order valence-electron chi connectivity index (χ4n) is 2.34. The minimum absolute atomic E-state index is 0.777. The topological polar surface area (TPSA) is 48.4 Å². The van der Waals surface area contributed by atoms with Crippen LogP contribution >= 0.6 is 0 Å². The van der Waals surface area contributed by atoms with Crippen LogP contribution < -0.4 is 0 Å². The van der Waals surface area contributed by atoms with E-state index in [4.69, 9.17) is 5.21 Å². The summed E-state index contributed by atoms with van der Waals surface area (Å²) in [5.41, 5.74) is 5.48. The van der Waals surface area contributed by atoms with Crippen molar-refractivity contribution < 1.29 is 5.21 Å². The Morgan fingerprint density at radius 2 is 2.20 bits per heavy atom. The van der Waals surface area contributed by atoms with Crippen molar-refractivity contribution in [3.05, 3.63) is 35.0 Å². The number of fused-ring (bicyclic) bond motifs is 3. The lowest BCUT2D eigenvalue weighted by Crippen LogP contribution is -1.94. The van der Waals surface area contributed by atoms with Gasteiger partial charge in [-0.05, 0) is 37.5 Å². The number of hydrogen-bond acceptors (Lipinski definition) is 2. The van der Waals surface area contributed by atoms with Crippen molar-refractivity contribution in [2.75, 3.05) is 0 Å². The van der Waals surface area contributed by atoms with Crippen LogP contribution in [0.25, 0.3) is 10.9 Å². The molecule has 15 heavy (non-hydrogen) atoms. The van der Waals surface area contributed by atoms with Gasteiger partial charge in [-0.1, -0.05) is 16.8 Å². The van der Waals surface area contributed by atoms with E-state index in [1.165, 1.54) is 16.5 Å². The molecule has 1 aliphatic carbocycles. The van der Waals surface area contributed by atoms with Gasteiger partial charge in [-0.25, -0.2) is 0 Å². The van der Waals surface area contributed by atoms with Gasteiger partial charge in [-0.2, -0.15) is 0 Å². The molecule has 3 rings (SSSR count). The molecule has 0 radical (unpaired) electrons. The van der Waals surface area contributed by atoms with E-state index >= 15 is 0 Å².